The lowest BCUT2D eigenvalue weighted by atomic mass is 9.95. The van der Waals surface area contributed by atoms with E-state index in [1.165, 1.54) is 24.0 Å². The molecule has 1 aromatic heterocycles. The lowest BCUT2D eigenvalue weighted by molar-refractivity contribution is 0.295. The highest BCUT2D eigenvalue weighted by molar-refractivity contribution is 7.07. The Hall–Kier alpha value is -1.32. The van der Waals surface area contributed by atoms with Gasteiger partial charge in [-0.1, -0.05) is 12.1 Å². The number of nitrogen functional groups attached to an aromatic ring is 1. The molecule has 0 bridgehead atoms. The lowest BCUT2D eigenvalue weighted by Crippen LogP contribution is -2.28. The van der Waals surface area contributed by atoms with Crippen LogP contribution in [-0.2, 0) is 12.0 Å². The van der Waals surface area contributed by atoms with Gasteiger partial charge in [0.05, 0.1) is 0 Å². The molecule has 1 fully saturated rings. The van der Waals surface area contributed by atoms with Crippen molar-refractivity contribution in [3.05, 3.63) is 52.2 Å². The van der Waals surface area contributed by atoms with Crippen molar-refractivity contribution in [3.63, 3.8) is 0 Å². The van der Waals surface area contributed by atoms with Gasteiger partial charge in [-0.2, -0.15) is 11.3 Å². The molecular formula is C16H20N2S. The monoisotopic (exact) mass is 272 g/mol. The smallest absolute Gasteiger partial charge is 0.0314 e. The second-order valence-electron chi connectivity index (χ2n) is 5.71. The fourth-order valence-electron chi connectivity index (χ4n) is 2.79. The minimum atomic E-state index is 0.373. The summed E-state index contributed by atoms with van der Waals surface area (Å²) in [4.78, 5) is 2.44. The number of nitrogens with two attached hydrogens (primary N) is 1. The Morgan fingerprint density at radius 3 is 2.53 bits per heavy atom. The molecule has 2 aromatic rings. The number of rotatable bonds is 5. The molecule has 1 saturated carbocycles. The molecule has 0 atom stereocenters. The second kappa shape index (κ2) is 4.99. The number of nitrogens with zero attached hydrogens (tertiary/aromatic N) is 1. The Morgan fingerprint density at radius 2 is 1.95 bits per heavy atom. The van der Waals surface area contributed by atoms with Crippen LogP contribution in [-0.4, -0.2) is 18.5 Å². The van der Waals surface area contributed by atoms with Crippen molar-refractivity contribution >= 4 is 17.0 Å². The van der Waals surface area contributed by atoms with Crippen LogP contribution >= 0.6 is 11.3 Å². The van der Waals surface area contributed by atoms with Gasteiger partial charge in [-0.3, -0.25) is 0 Å². The van der Waals surface area contributed by atoms with E-state index in [1.807, 2.05) is 12.1 Å². The highest BCUT2D eigenvalue weighted by Crippen LogP contribution is 2.48. The molecule has 1 heterocycles. The van der Waals surface area contributed by atoms with Crippen LogP contribution in [0.25, 0.3) is 0 Å². The van der Waals surface area contributed by atoms with E-state index in [-0.39, 0.29) is 0 Å². The van der Waals surface area contributed by atoms with Crippen molar-refractivity contribution in [2.75, 3.05) is 19.3 Å². The molecular weight excluding hydrogens is 252 g/mol. The highest BCUT2D eigenvalue weighted by Gasteiger charge is 2.44. The van der Waals surface area contributed by atoms with Gasteiger partial charge < -0.3 is 10.6 Å². The third kappa shape index (κ3) is 2.82. The van der Waals surface area contributed by atoms with Gasteiger partial charge in [-0.05, 0) is 60.0 Å². The molecule has 19 heavy (non-hydrogen) atoms. The van der Waals surface area contributed by atoms with Gasteiger partial charge in [0.1, 0.15) is 0 Å². The Kier molecular flexibility index (Phi) is 3.33. The first kappa shape index (κ1) is 12.7. The van der Waals surface area contributed by atoms with Gasteiger partial charge in [-0.15, -0.1) is 0 Å². The van der Waals surface area contributed by atoms with E-state index < -0.39 is 0 Å². The van der Waals surface area contributed by atoms with E-state index in [1.54, 1.807) is 11.3 Å². The Morgan fingerprint density at radius 1 is 1.21 bits per heavy atom. The predicted octanol–water partition coefficient (Wildman–Crippen LogP) is 3.49. The molecule has 0 amide bonds. The first-order valence-electron chi connectivity index (χ1n) is 6.74. The van der Waals surface area contributed by atoms with Crippen molar-refractivity contribution in [1.29, 1.82) is 0 Å². The maximum Gasteiger partial charge on any atom is 0.0314 e. The minimum Gasteiger partial charge on any atom is -0.399 e. The van der Waals surface area contributed by atoms with Crippen molar-refractivity contribution < 1.29 is 0 Å². The van der Waals surface area contributed by atoms with E-state index in [0.717, 1.165) is 18.8 Å². The normalized spacial score (nSPS) is 16.7. The van der Waals surface area contributed by atoms with Gasteiger partial charge in [0.15, 0.2) is 0 Å². The summed E-state index contributed by atoms with van der Waals surface area (Å²) in [6, 6.07) is 10.6. The van der Waals surface area contributed by atoms with E-state index in [0.29, 0.717) is 5.41 Å². The van der Waals surface area contributed by atoms with Crippen LogP contribution in [0.2, 0.25) is 0 Å². The quantitative estimate of drug-likeness (QED) is 0.844. The fourth-order valence-corrected chi connectivity index (χ4v) is 3.45. The van der Waals surface area contributed by atoms with Crippen LogP contribution in [0, 0.1) is 0 Å². The van der Waals surface area contributed by atoms with Crippen molar-refractivity contribution in [3.8, 4) is 0 Å². The Balaban J connectivity index is 1.67. The van der Waals surface area contributed by atoms with Crippen LogP contribution in [0.4, 0.5) is 5.69 Å². The topological polar surface area (TPSA) is 29.3 Å². The standard InChI is InChI=1S/C16H20N2S/c1-18(10-13-6-9-19-11-13)12-16(7-8-16)14-2-4-15(17)5-3-14/h2-6,9,11H,7-8,10,12,17H2,1H3. The van der Waals surface area contributed by atoms with Gasteiger partial charge in [0.25, 0.3) is 0 Å². The fraction of sp³-hybridized carbons (Fsp3) is 0.375. The molecule has 0 saturated heterocycles. The number of benzene rings is 1. The molecule has 0 unspecified atom stereocenters. The summed E-state index contributed by atoms with van der Waals surface area (Å²) < 4.78 is 0. The molecule has 3 rings (SSSR count). The number of hydrogen-bond acceptors (Lipinski definition) is 3. The SMILES string of the molecule is CN(Cc1ccsc1)CC1(c2ccc(N)cc2)CC1. The largest absolute Gasteiger partial charge is 0.399 e. The van der Waals surface area contributed by atoms with Crippen LogP contribution in [0.15, 0.2) is 41.1 Å². The average molecular weight is 272 g/mol. The molecule has 2 N–H and O–H groups in total. The zero-order valence-electron chi connectivity index (χ0n) is 11.3. The zero-order chi connectivity index (χ0) is 13.3. The highest BCUT2D eigenvalue weighted by atomic mass is 32.1. The first-order chi connectivity index (χ1) is 9.18. The first-order valence-corrected chi connectivity index (χ1v) is 7.68. The molecule has 0 aliphatic heterocycles. The molecule has 1 aliphatic rings. The van der Waals surface area contributed by atoms with Gasteiger partial charge in [0.2, 0.25) is 0 Å². The van der Waals surface area contributed by atoms with Crippen molar-refractivity contribution in [2.24, 2.45) is 0 Å². The summed E-state index contributed by atoms with van der Waals surface area (Å²) in [5.74, 6) is 0. The van der Waals surface area contributed by atoms with Gasteiger partial charge in [0, 0.05) is 24.2 Å². The lowest BCUT2D eigenvalue weighted by Gasteiger charge is -2.24. The number of likely N-dealkylation sites (N-methyl/N-ethyl adjacent to an activating group) is 1. The minimum absolute atomic E-state index is 0.373. The third-order valence-corrected chi connectivity index (χ3v) is 4.71. The van der Waals surface area contributed by atoms with E-state index >= 15 is 0 Å². The summed E-state index contributed by atoms with van der Waals surface area (Å²) in [5.41, 5.74) is 9.86. The molecule has 1 aromatic carbocycles. The van der Waals surface area contributed by atoms with Crippen LogP contribution < -0.4 is 5.73 Å². The summed E-state index contributed by atoms with van der Waals surface area (Å²) in [6.07, 6.45) is 2.59. The van der Waals surface area contributed by atoms with Crippen molar-refractivity contribution in [1.82, 2.24) is 4.90 Å². The molecule has 1 aliphatic carbocycles. The summed E-state index contributed by atoms with van der Waals surface area (Å²) in [5, 5.41) is 4.38. The van der Waals surface area contributed by atoms with Crippen LogP contribution in [0.5, 0.6) is 0 Å². The number of hydrogen-bond donors (Lipinski definition) is 1. The van der Waals surface area contributed by atoms with Crippen molar-refractivity contribution in [2.45, 2.75) is 24.8 Å². The zero-order valence-corrected chi connectivity index (χ0v) is 12.1. The van der Waals surface area contributed by atoms with Gasteiger partial charge in [-0.25, -0.2) is 0 Å². The molecule has 0 radical (unpaired) electrons. The summed E-state index contributed by atoms with van der Waals surface area (Å²) >= 11 is 1.77. The van der Waals surface area contributed by atoms with Crippen LogP contribution in [0.1, 0.15) is 24.0 Å². The van der Waals surface area contributed by atoms with E-state index in [2.05, 4.69) is 40.9 Å². The molecule has 2 nitrogen and oxygen atoms in total. The Labute approximate surface area is 118 Å². The maximum absolute atomic E-state index is 5.77. The molecule has 100 valence electrons. The maximum atomic E-state index is 5.77. The predicted molar refractivity (Wildman–Crippen MR) is 82.4 cm³/mol. The number of thiophene rings is 1. The number of anilines is 1. The Bertz CT molecular complexity index is 526. The summed E-state index contributed by atoms with van der Waals surface area (Å²) in [6.45, 7) is 2.17. The van der Waals surface area contributed by atoms with E-state index in [4.69, 9.17) is 5.73 Å². The molecule has 0 spiro atoms. The third-order valence-electron chi connectivity index (χ3n) is 3.98. The summed E-state index contributed by atoms with van der Waals surface area (Å²) in [7, 11) is 2.22. The molecule has 3 heteroatoms. The second-order valence-corrected chi connectivity index (χ2v) is 6.49. The van der Waals surface area contributed by atoms with Gasteiger partial charge >= 0.3 is 0 Å². The van der Waals surface area contributed by atoms with E-state index in [9.17, 15) is 0 Å². The van der Waals surface area contributed by atoms with Crippen LogP contribution in [0.3, 0.4) is 0 Å². The average Bonchev–Trinajstić information content (AvgIpc) is 2.98.